The summed E-state index contributed by atoms with van der Waals surface area (Å²) >= 11 is 0. The molecule has 1 heterocycles. The lowest BCUT2D eigenvalue weighted by molar-refractivity contribution is -0.116. The SMILES string of the molecule is NCC#Cc1ccccc1NC(=O)Cn1ccnn1. The van der Waals surface area contributed by atoms with Crippen LogP contribution in [0.1, 0.15) is 5.56 Å². The van der Waals surface area contributed by atoms with Crippen molar-refractivity contribution in [2.45, 2.75) is 6.54 Å². The van der Waals surface area contributed by atoms with Crippen LogP contribution in [0.25, 0.3) is 0 Å². The van der Waals surface area contributed by atoms with Gasteiger partial charge in [0.15, 0.2) is 0 Å². The monoisotopic (exact) mass is 255 g/mol. The summed E-state index contributed by atoms with van der Waals surface area (Å²) < 4.78 is 1.45. The van der Waals surface area contributed by atoms with Crippen LogP contribution in [0, 0.1) is 11.8 Å². The number of nitrogens with one attached hydrogen (secondary N) is 1. The lowest BCUT2D eigenvalue weighted by atomic mass is 10.2. The zero-order valence-electron chi connectivity index (χ0n) is 10.2. The van der Waals surface area contributed by atoms with E-state index in [4.69, 9.17) is 5.73 Å². The number of aromatic nitrogens is 3. The molecule has 96 valence electrons. The van der Waals surface area contributed by atoms with Crippen molar-refractivity contribution in [2.24, 2.45) is 5.73 Å². The molecule has 3 N–H and O–H groups in total. The van der Waals surface area contributed by atoms with E-state index >= 15 is 0 Å². The van der Waals surface area contributed by atoms with Gasteiger partial charge in [0.1, 0.15) is 6.54 Å². The molecule has 0 atom stereocenters. The van der Waals surface area contributed by atoms with E-state index < -0.39 is 0 Å². The largest absolute Gasteiger partial charge is 0.323 e. The minimum absolute atomic E-state index is 0.110. The van der Waals surface area contributed by atoms with Gasteiger partial charge in [-0.2, -0.15) is 0 Å². The molecule has 19 heavy (non-hydrogen) atoms. The molecule has 0 aliphatic carbocycles. The Morgan fingerprint density at radius 1 is 1.42 bits per heavy atom. The first-order chi connectivity index (χ1) is 9.29. The van der Waals surface area contributed by atoms with Crippen LogP contribution in [-0.2, 0) is 11.3 Å². The van der Waals surface area contributed by atoms with Crippen molar-refractivity contribution in [3.8, 4) is 11.8 Å². The molecule has 1 amide bonds. The first-order valence-electron chi connectivity index (χ1n) is 5.71. The molecule has 0 spiro atoms. The normalized spacial score (nSPS) is 9.53. The van der Waals surface area contributed by atoms with Crippen LogP contribution in [0.4, 0.5) is 5.69 Å². The van der Waals surface area contributed by atoms with E-state index in [1.165, 1.54) is 10.9 Å². The summed E-state index contributed by atoms with van der Waals surface area (Å²) in [5, 5.41) is 10.2. The Morgan fingerprint density at radius 2 is 2.26 bits per heavy atom. The van der Waals surface area contributed by atoms with Gasteiger partial charge in [-0.1, -0.05) is 29.2 Å². The van der Waals surface area contributed by atoms with Crippen LogP contribution in [-0.4, -0.2) is 27.4 Å². The zero-order valence-corrected chi connectivity index (χ0v) is 10.2. The first-order valence-corrected chi connectivity index (χ1v) is 5.71. The number of benzene rings is 1. The highest BCUT2D eigenvalue weighted by Gasteiger charge is 2.06. The van der Waals surface area contributed by atoms with Gasteiger partial charge < -0.3 is 11.1 Å². The highest BCUT2D eigenvalue weighted by Crippen LogP contribution is 2.13. The van der Waals surface area contributed by atoms with Gasteiger partial charge in [-0.25, -0.2) is 4.68 Å². The fraction of sp³-hybridized carbons (Fsp3) is 0.154. The standard InChI is InChI=1S/C13H13N5O/c14-7-3-5-11-4-1-2-6-12(11)16-13(19)10-18-9-8-15-17-18/h1-2,4,6,8-9H,7,10,14H2,(H,16,19). The molecule has 0 saturated heterocycles. The van der Waals surface area contributed by atoms with Crippen molar-refractivity contribution in [3.05, 3.63) is 42.2 Å². The second-order valence-electron chi connectivity index (χ2n) is 3.70. The van der Waals surface area contributed by atoms with Crippen LogP contribution >= 0.6 is 0 Å². The summed E-state index contributed by atoms with van der Waals surface area (Å²) in [5.41, 5.74) is 6.74. The third-order valence-corrected chi connectivity index (χ3v) is 2.30. The van der Waals surface area contributed by atoms with Crippen LogP contribution in [0.3, 0.4) is 0 Å². The van der Waals surface area contributed by atoms with Crippen molar-refractivity contribution in [1.29, 1.82) is 0 Å². The molecule has 6 heteroatoms. The zero-order chi connectivity index (χ0) is 13.5. The topological polar surface area (TPSA) is 85.8 Å². The number of hydrogen-bond acceptors (Lipinski definition) is 4. The molecule has 0 aliphatic heterocycles. The lowest BCUT2D eigenvalue weighted by Crippen LogP contribution is -2.19. The van der Waals surface area contributed by atoms with Crippen molar-refractivity contribution < 1.29 is 4.79 Å². The van der Waals surface area contributed by atoms with Crippen LogP contribution in [0.5, 0.6) is 0 Å². The maximum Gasteiger partial charge on any atom is 0.246 e. The highest BCUT2D eigenvalue weighted by atomic mass is 16.2. The van der Waals surface area contributed by atoms with E-state index in [0.29, 0.717) is 5.69 Å². The molecule has 2 aromatic rings. The third kappa shape index (κ3) is 3.66. The number of carbonyl (C=O) groups is 1. The molecule has 0 fully saturated rings. The molecular formula is C13H13N5O. The molecule has 0 radical (unpaired) electrons. The summed E-state index contributed by atoms with van der Waals surface area (Å²) in [7, 11) is 0. The molecule has 1 aromatic carbocycles. The number of nitrogens with two attached hydrogens (primary N) is 1. The average Bonchev–Trinajstić information content (AvgIpc) is 2.90. The summed E-state index contributed by atoms with van der Waals surface area (Å²) in [4.78, 5) is 11.8. The number of amides is 1. The number of rotatable bonds is 3. The van der Waals surface area contributed by atoms with Gasteiger partial charge in [0.2, 0.25) is 5.91 Å². The third-order valence-electron chi connectivity index (χ3n) is 2.30. The maximum atomic E-state index is 11.8. The van der Waals surface area contributed by atoms with E-state index in [0.717, 1.165) is 5.56 Å². The van der Waals surface area contributed by atoms with Gasteiger partial charge in [-0.05, 0) is 12.1 Å². The van der Waals surface area contributed by atoms with E-state index in [1.807, 2.05) is 18.2 Å². The first kappa shape index (κ1) is 12.8. The van der Waals surface area contributed by atoms with Gasteiger partial charge in [0, 0.05) is 11.8 Å². The van der Waals surface area contributed by atoms with Crippen molar-refractivity contribution >= 4 is 11.6 Å². The number of para-hydroxylation sites is 1. The van der Waals surface area contributed by atoms with Gasteiger partial charge in [-0.15, -0.1) is 5.10 Å². The van der Waals surface area contributed by atoms with Crippen LogP contribution in [0.15, 0.2) is 36.7 Å². The van der Waals surface area contributed by atoms with Crippen molar-refractivity contribution in [1.82, 2.24) is 15.0 Å². The quantitative estimate of drug-likeness (QED) is 0.769. The fourth-order valence-electron chi connectivity index (χ4n) is 1.50. The van der Waals surface area contributed by atoms with E-state index in [9.17, 15) is 4.79 Å². The summed E-state index contributed by atoms with van der Waals surface area (Å²) in [6, 6.07) is 7.31. The number of nitrogens with zero attached hydrogens (tertiary/aromatic N) is 3. The minimum Gasteiger partial charge on any atom is -0.323 e. The van der Waals surface area contributed by atoms with E-state index in [2.05, 4.69) is 27.5 Å². The van der Waals surface area contributed by atoms with Crippen LogP contribution in [0.2, 0.25) is 0 Å². The smallest absolute Gasteiger partial charge is 0.246 e. The van der Waals surface area contributed by atoms with Gasteiger partial charge >= 0.3 is 0 Å². The molecule has 0 aliphatic rings. The van der Waals surface area contributed by atoms with Gasteiger partial charge in [0.25, 0.3) is 0 Å². The average molecular weight is 255 g/mol. The molecule has 0 saturated carbocycles. The Labute approximate surface area is 110 Å². The Bertz CT molecular complexity index is 609. The fourth-order valence-corrected chi connectivity index (χ4v) is 1.50. The lowest BCUT2D eigenvalue weighted by Gasteiger charge is -2.07. The molecule has 6 nitrogen and oxygen atoms in total. The van der Waals surface area contributed by atoms with Crippen molar-refractivity contribution in [3.63, 3.8) is 0 Å². The molecule has 2 rings (SSSR count). The number of carbonyl (C=O) groups excluding carboxylic acids is 1. The Morgan fingerprint density at radius 3 is 3.00 bits per heavy atom. The minimum atomic E-state index is -0.188. The number of anilines is 1. The Kier molecular flexibility index (Phi) is 4.26. The number of hydrogen-bond donors (Lipinski definition) is 2. The maximum absolute atomic E-state index is 11.8. The Hall–Kier alpha value is -2.65. The molecule has 0 unspecified atom stereocenters. The summed E-state index contributed by atoms with van der Waals surface area (Å²) in [6.07, 6.45) is 3.15. The van der Waals surface area contributed by atoms with Crippen LogP contribution < -0.4 is 11.1 Å². The van der Waals surface area contributed by atoms with E-state index in [-0.39, 0.29) is 19.0 Å². The molecule has 1 aromatic heterocycles. The second-order valence-corrected chi connectivity index (χ2v) is 3.70. The Balaban J connectivity index is 2.08. The van der Waals surface area contributed by atoms with Crippen molar-refractivity contribution in [2.75, 3.05) is 11.9 Å². The molecule has 0 bridgehead atoms. The predicted octanol–water partition coefficient (Wildman–Crippen LogP) is 0.227. The van der Waals surface area contributed by atoms with Gasteiger partial charge in [-0.3, -0.25) is 4.79 Å². The second kappa shape index (κ2) is 6.33. The van der Waals surface area contributed by atoms with Gasteiger partial charge in [0.05, 0.1) is 18.4 Å². The van der Waals surface area contributed by atoms with E-state index in [1.54, 1.807) is 12.3 Å². The molecular weight excluding hydrogens is 242 g/mol. The summed E-state index contributed by atoms with van der Waals surface area (Å²) in [6.45, 7) is 0.389. The predicted molar refractivity (Wildman–Crippen MR) is 71.0 cm³/mol. The highest BCUT2D eigenvalue weighted by molar-refractivity contribution is 5.91. The summed E-state index contributed by atoms with van der Waals surface area (Å²) in [5.74, 6) is 5.49.